The zero-order chi connectivity index (χ0) is 17.8. The number of hydrogen-bond donors (Lipinski definition) is 2. The van der Waals surface area contributed by atoms with Gasteiger partial charge >= 0.3 is 0 Å². The highest BCUT2D eigenvalue weighted by atomic mass is 16.3. The molecule has 0 saturated heterocycles. The molecule has 9 nitrogen and oxygen atoms in total. The topological polar surface area (TPSA) is 112 Å². The monoisotopic (exact) mass is 350 g/mol. The molecule has 9 heteroatoms. The quantitative estimate of drug-likeness (QED) is 0.575. The lowest BCUT2D eigenvalue weighted by Crippen LogP contribution is -2.31. The first-order valence-electron chi connectivity index (χ1n) is 8.45. The van der Waals surface area contributed by atoms with E-state index in [4.69, 9.17) is 10.7 Å². The van der Waals surface area contributed by atoms with Crippen LogP contribution in [0.5, 0.6) is 0 Å². The third-order valence-corrected chi connectivity index (χ3v) is 4.87. The Hall–Kier alpha value is -3.20. The number of aryl methyl sites for hydroxylation is 1. The van der Waals surface area contributed by atoms with Crippen LogP contribution < -0.4 is 5.73 Å². The highest BCUT2D eigenvalue weighted by Crippen LogP contribution is 2.35. The van der Waals surface area contributed by atoms with Crippen molar-refractivity contribution in [2.45, 2.75) is 25.0 Å². The van der Waals surface area contributed by atoms with Crippen molar-refractivity contribution in [3.8, 4) is 22.5 Å². The summed E-state index contributed by atoms with van der Waals surface area (Å²) in [5.41, 5.74) is 10.2. The Morgan fingerprint density at radius 1 is 1.19 bits per heavy atom. The molecule has 0 aromatic carbocycles. The van der Waals surface area contributed by atoms with E-state index < -0.39 is 0 Å². The molecule has 1 aliphatic rings. The maximum atomic E-state index is 9.55. The molecule has 0 spiro atoms. The highest BCUT2D eigenvalue weighted by Gasteiger charge is 2.30. The second kappa shape index (κ2) is 5.40. The van der Waals surface area contributed by atoms with Gasteiger partial charge < -0.3 is 10.8 Å². The van der Waals surface area contributed by atoms with Crippen LogP contribution in [0.3, 0.4) is 0 Å². The molecule has 1 fully saturated rings. The van der Waals surface area contributed by atoms with Crippen molar-refractivity contribution >= 4 is 11.3 Å². The number of rotatable bonds is 3. The van der Waals surface area contributed by atoms with Gasteiger partial charge in [-0.05, 0) is 18.9 Å². The van der Waals surface area contributed by atoms with Crippen LogP contribution in [0, 0.1) is 0 Å². The van der Waals surface area contributed by atoms with Gasteiger partial charge in [0.15, 0.2) is 5.82 Å². The molecule has 132 valence electrons. The number of aromatic nitrogens is 7. The molecule has 0 radical (unpaired) electrons. The number of anilines is 1. The fourth-order valence-electron chi connectivity index (χ4n) is 3.37. The molecule has 4 heterocycles. The van der Waals surface area contributed by atoms with Crippen LogP contribution >= 0.6 is 0 Å². The van der Waals surface area contributed by atoms with Crippen LogP contribution in [0.15, 0.2) is 37.1 Å². The fourth-order valence-corrected chi connectivity index (χ4v) is 3.37. The summed E-state index contributed by atoms with van der Waals surface area (Å²) >= 11 is 0. The van der Waals surface area contributed by atoms with Gasteiger partial charge in [-0.15, -0.1) is 0 Å². The summed E-state index contributed by atoms with van der Waals surface area (Å²) in [6.07, 6.45) is 10.3. The van der Waals surface area contributed by atoms with Crippen molar-refractivity contribution in [3.05, 3.63) is 37.1 Å². The van der Waals surface area contributed by atoms with Crippen molar-refractivity contribution in [3.63, 3.8) is 0 Å². The fraction of sp³-hybridized carbons (Fsp3) is 0.294. The Morgan fingerprint density at radius 3 is 2.77 bits per heavy atom. The second-order valence-electron chi connectivity index (χ2n) is 6.73. The Kier molecular flexibility index (Phi) is 3.13. The zero-order valence-electron chi connectivity index (χ0n) is 14.2. The molecular weight excluding hydrogens is 332 g/mol. The van der Waals surface area contributed by atoms with Crippen LogP contribution in [-0.2, 0) is 7.05 Å². The van der Waals surface area contributed by atoms with E-state index in [1.807, 2.05) is 36.4 Å². The molecule has 5 rings (SSSR count). The van der Waals surface area contributed by atoms with Gasteiger partial charge in [0, 0.05) is 25.0 Å². The molecule has 4 aromatic heterocycles. The van der Waals surface area contributed by atoms with E-state index >= 15 is 0 Å². The maximum Gasteiger partial charge on any atom is 0.155 e. The number of nitrogens with two attached hydrogens (primary N) is 1. The SMILES string of the molecule is Cn1cc(-c2cn3nccc3c(-c3cn(C4CC(O)C4)nc3N)n2)cn1. The van der Waals surface area contributed by atoms with Crippen LogP contribution in [0.2, 0.25) is 0 Å². The van der Waals surface area contributed by atoms with Gasteiger partial charge in [0.05, 0.1) is 47.5 Å². The number of nitrogen functional groups attached to an aromatic ring is 1. The summed E-state index contributed by atoms with van der Waals surface area (Å²) in [7, 11) is 1.87. The van der Waals surface area contributed by atoms with E-state index in [1.165, 1.54) is 0 Å². The standard InChI is InChI=1S/C17H18N8O/c1-23-7-10(6-20-23)14-9-25-15(2-3-19-25)16(21-14)13-8-24(22-17(13)18)11-4-12(26)5-11/h2-3,6-9,11-12,26H,4-5H2,1H3,(H2,18,22). The third-order valence-electron chi connectivity index (χ3n) is 4.87. The average Bonchev–Trinajstić information content (AvgIpc) is 3.30. The molecule has 0 amide bonds. The van der Waals surface area contributed by atoms with Gasteiger partial charge in [0.2, 0.25) is 0 Å². The van der Waals surface area contributed by atoms with Crippen molar-refractivity contribution in [2.24, 2.45) is 7.05 Å². The lowest BCUT2D eigenvalue weighted by molar-refractivity contribution is 0.0435. The van der Waals surface area contributed by atoms with Gasteiger partial charge in [-0.2, -0.15) is 15.3 Å². The normalized spacial score (nSPS) is 19.8. The summed E-state index contributed by atoms with van der Waals surface area (Å²) in [6.45, 7) is 0. The van der Waals surface area contributed by atoms with Gasteiger partial charge in [0.25, 0.3) is 0 Å². The Balaban J connectivity index is 1.65. The first kappa shape index (κ1) is 15.1. The molecule has 26 heavy (non-hydrogen) atoms. The van der Waals surface area contributed by atoms with Gasteiger partial charge in [-0.1, -0.05) is 0 Å². The molecule has 1 aliphatic carbocycles. The van der Waals surface area contributed by atoms with Crippen LogP contribution in [0.1, 0.15) is 18.9 Å². The lowest BCUT2D eigenvalue weighted by Gasteiger charge is -2.31. The summed E-state index contributed by atoms with van der Waals surface area (Å²) in [5.74, 6) is 0.422. The van der Waals surface area contributed by atoms with Gasteiger partial charge in [-0.25, -0.2) is 9.50 Å². The minimum absolute atomic E-state index is 0.184. The van der Waals surface area contributed by atoms with E-state index in [-0.39, 0.29) is 12.1 Å². The van der Waals surface area contributed by atoms with Gasteiger partial charge in [-0.3, -0.25) is 9.36 Å². The predicted molar refractivity (Wildman–Crippen MR) is 95.1 cm³/mol. The summed E-state index contributed by atoms with van der Waals surface area (Å²) in [6, 6.07) is 2.09. The Bertz CT molecular complexity index is 1100. The minimum Gasteiger partial charge on any atom is -0.393 e. The van der Waals surface area contributed by atoms with E-state index in [0.717, 1.165) is 28.0 Å². The van der Waals surface area contributed by atoms with E-state index in [2.05, 4.69) is 15.3 Å². The van der Waals surface area contributed by atoms with Crippen LogP contribution in [0.4, 0.5) is 5.82 Å². The van der Waals surface area contributed by atoms with E-state index in [9.17, 15) is 5.11 Å². The molecule has 4 aromatic rings. The number of aliphatic hydroxyl groups excluding tert-OH is 1. The smallest absolute Gasteiger partial charge is 0.155 e. The highest BCUT2D eigenvalue weighted by molar-refractivity contribution is 5.83. The number of aliphatic hydroxyl groups is 1. The maximum absolute atomic E-state index is 9.55. The Morgan fingerprint density at radius 2 is 2.04 bits per heavy atom. The Labute approximate surface area is 148 Å². The largest absolute Gasteiger partial charge is 0.393 e. The molecule has 3 N–H and O–H groups in total. The third kappa shape index (κ3) is 2.28. The summed E-state index contributed by atoms with van der Waals surface area (Å²) in [5, 5.41) is 22.6. The van der Waals surface area contributed by atoms with Gasteiger partial charge in [0.1, 0.15) is 5.69 Å². The molecule has 1 saturated carbocycles. The average molecular weight is 350 g/mol. The first-order valence-corrected chi connectivity index (χ1v) is 8.45. The zero-order valence-corrected chi connectivity index (χ0v) is 14.2. The number of hydrogen-bond acceptors (Lipinski definition) is 6. The molecular formula is C17H18N8O. The minimum atomic E-state index is -0.248. The van der Waals surface area contributed by atoms with E-state index in [0.29, 0.717) is 18.7 Å². The lowest BCUT2D eigenvalue weighted by atomic mass is 9.90. The van der Waals surface area contributed by atoms with Crippen molar-refractivity contribution in [1.82, 2.24) is 34.2 Å². The van der Waals surface area contributed by atoms with Crippen molar-refractivity contribution < 1.29 is 5.11 Å². The summed E-state index contributed by atoms with van der Waals surface area (Å²) < 4.78 is 5.36. The van der Waals surface area contributed by atoms with Crippen molar-refractivity contribution in [1.29, 1.82) is 0 Å². The molecule has 0 bridgehead atoms. The van der Waals surface area contributed by atoms with Crippen LogP contribution in [0.25, 0.3) is 28.0 Å². The van der Waals surface area contributed by atoms with Crippen molar-refractivity contribution in [2.75, 3.05) is 5.73 Å². The second-order valence-corrected chi connectivity index (χ2v) is 6.73. The number of nitrogens with zero attached hydrogens (tertiary/aromatic N) is 7. The van der Waals surface area contributed by atoms with Crippen LogP contribution in [-0.4, -0.2) is 45.4 Å². The molecule has 0 aliphatic heterocycles. The summed E-state index contributed by atoms with van der Waals surface area (Å²) in [4.78, 5) is 4.82. The number of fused-ring (bicyclic) bond motifs is 1. The predicted octanol–water partition coefficient (Wildman–Crippen LogP) is 1.27. The molecule has 0 unspecified atom stereocenters. The first-order chi connectivity index (χ1) is 12.6. The molecule has 0 atom stereocenters. The van der Waals surface area contributed by atoms with E-state index in [1.54, 1.807) is 21.6 Å².